The Morgan fingerprint density at radius 3 is 1.52 bits per heavy atom. The summed E-state index contributed by atoms with van der Waals surface area (Å²) in [6.45, 7) is 3.82. The van der Waals surface area contributed by atoms with Crippen molar-refractivity contribution < 1.29 is 18.3 Å². The molecule has 0 saturated carbocycles. The van der Waals surface area contributed by atoms with Crippen molar-refractivity contribution in [2.24, 2.45) is 9.98 Å². The van der Waals surface area contributed by atoms with Crippen LogP contribution in [0.5, 0.6) is 11.5 Å². The lowest BCUT2D eigenvalue weighted by Gasteiger charge is -2.10. The highest BCUT2D eigenvalue weighted by Gasteiger charge is 2.14. The Hall–Kier alpha value is -2.58. The third kappa shape index (κ3) is 7.20. The van der Waals surface area contributed by atoms with Gasteiger partial charge in [0.25, 0.3) is 0 Å². The summed E-state index contributed by atoms with van der Waals surface area (Å²) in [6.07, 6.45) is 2.53. The van der Waals surface area contributed by atoms with Gasteiger partial charge < -0.3 is 20.1 Å². The smallest absolute Gasteiger partial charge is 0.137 e. The topological polar surface area (TPSA) is 67.2 Å². The van der Waals surface area contributed by atoms with Crippen LogP contribution >= 0.6 is 24.8 Å². The van der Waals surface area contributed by atoms with E-state index >= 15 is 0 Å². The Bertz CT molecular complexity index is 911. The predicted octanol–water partition coefficient (Wildman–Crippen LogP) is 4.14. The minimum Gasteiger partial charge on any atom is -0.493 e. The van der Waals surface area contributed by atoms with Gasteiger partial charge in [-0.1, -0.05) is 0 Å². The van der Waals surface area contributed by atoms with E-state index in [-0.39, 0.29) is 36.4 Å². The van der Waals surface area contributed by atoms with Crippen LogP contribution in [-0.2, 0) is 0 Å². The first kappa shape index (κ1) is 26.7. The van der Waals surface area contributed by atoms with Crippen LogP contribution in [-0.4, -0.2) is 51.1 Å². The number of aliphatic imine (C=N–C) groups is 2. The van der Waals surface area contributed by atoms with Gasteiger partial charge in [0.2, 0.25) is 0 Å². The Morgan fingerprint density at radius 1 is 0.697 bits per heavy atom. The van der Waals surface area contributed by atoms with Crippen LogP contribution in [0.4, 0.5) is 8.78 Å². The van der Waals surface area contributed by atoms with E-state index in [4.69, 9.17) is 9.47 Å². The van der Waals surface area contributed by atoms with Crippen molar-refractivity contribution in [1.82, 2.24) is 10.6 Å². The van der Waals surface area contributed by atoms with Crippen LogP contribution in [0.3, 0.4) is 0 Å². The van der Waals surface area contributed by atoms with Crippen molar-refractivity contribution in [3.05, 3.63) is 59.2 Å². The van der Waals surface area contributed by atoms with Crippen molar-refractivity contribution in [3.63, 3.8) is 0 Å². The molecule has 0 saturated heterocycles. The molecule has 2 heterocycles. The number of unbranched alkanes of at least 4 members (excludes halogenated alkanes) is 2. The fourth-order valence-electron chi connectivity index (χ4n) is 3.47. The summed E-state index contributed by atoms with van der Waals surface area (Å²) in [4.78, 5) is 8.47. The first-order chi connectivity index (χ1) is 15.2. The van der Waals surface area contributed by atoms with Gasteiger partial charge in [-0.15, -0.1) is 24.8 Å². The standard InChI is InChI=1S/C23H26F2N4O2.2ClH/c24-20-14-16(4-6-18(20)22-26-8-9-27-22)30-12-2-1-3-13-31-17-5-7-19(21(25)15-17)23-28-10-11-29-23;;/h4-7,14-15H,1-3,8-13H2,(H,26,27)(H,28,29);2*1H. The number of amidine groups is 2. The van der Waals surface area contributed by atoms with E-state index < -0.39 is 0 Å². The lowest BCUT2D eigenvalue weighted by Crippen LogP contribution is -2.20. The predicted molar refractivity (Wildman–Crippen MR) is 131 cm³/mol. The molecule has 2 aromatic carbocycles. The van der Waals surface area contributed by atoms with E-state index in [1.165, 1.54) is 12.1 Å². The van der Waals surface area contributed by atoms with Gasteiger partial charge in [-0.3, -0.25) is 9.98 Å². The fourth-order valence-corrected chi connectivity index (χ4v) is 3.47. The maximum atomic E-state index is 14.2. The van der Waals surface area contributed by atoms with Crippen molar-refractivity contribution in [3.8, 4) is 11.5 Å². The Kier molecular flexibility index (Phi) is 10.7. The van der Waals surface area contributed by atoms with Gasteiger partial charge in [-0.05, 0) is 43.5 Å². The summed E-state index contributed by atoms with van der Waals surface area (Å²) < 4.78 is 39.7. The molecule has 0 unspecified atom stereocenters. The van der Waals surface area contributed by atoms with E-state index in [0.29, 0.717) is 60.6 Å². The molecular weight excluding hydrogens is 473 g/mol. The second-order valence-corrected chi connectivity index (χ2v) is 7.36. The van der Waals surface area contributed by atoms with Crippen LogP contribution in [0, 0.1) is 11.6 Å². The molecule has 6 nitrogen and oxygen atoms in total. The first-order valence-electron chi connectivity index (χ1n) is 10.6. The van der Waals surface area contributed by atoms with Gasteiger partial charge in [0.1, 0.15) is 34.8 Å². The zero-order valence-electron chi connectivity index (χ0n) is 18.1. The molecular formula is C23H28Cl2F2N4O2. The molecule has 4 rings (SSSR count). The number of benzene rings is 2. The number of nitrogens with zero attached hydrogens (tertiary/aromatic N) is 2. The molecule has 0 fully saturated rings. The number of hydrogen-bond donors (Lipinski definition) is 2. The lowest BCUT2D eigenvalue weighted by atomic mass is 10.2. The van der Waals surface area contributed by atoms with Crippen molar-refractivity contribution in [2.45, 2.75) is 19.3 Å². The Balaban J connectivity index is 0.00000193. The molecule has 0 spiro atoms. The highest BCUT2D eigenvalue weighted by atomic mass is 35.5. The van der Waals surface area contributed by atoms with Crippen LogP contribution in [0.25, 0.3) is 0 Å². The molecule has 0 bridgehead atoms. The van der Waals surface area contributed by atoms with E-state index in [0.717, 1.165) is 32.4 Å². The van der Waals surface area contributed by atoms with Gasteiger partial charge in [0.15, 0.2) is 0 Å². The summed E-state index contributed by atoms with van der Waals surface area (Å²) in [6, 6.07) is 9.69. The van der Waals surface area contributed by atoms with Gasteiger partial charge >= 0.3 is 0 Å². The van der Waals surface area contributed by atoms with E-state index in [2.05, 4.69) is 20.6 Å². The molecule has 0 radical (unpaired) electrons. The molecule has 2 aromatic rings. The zero-order chi connectivity index (χ0) is 21.5. The molecule has 2 N–H and O–H groups in total. The van der Waals surface area contributed by atoms with Crippen LogP contribution in [0.15, 0.2) is 46.4 Å². The first-order valence-corrected chi connectivity index (χ1v) is 10.6. The average Bonchev–Trinajstić information content (AvgIpc) is 3.48. The second kappa shape index (κ2) is 13.2. The normalized spacial score (nSPS) is 14.2. The third-order valence-corrected chi connectivity index (χ3v) is 5.07. The van der Waals surface area contributed by atoms with Crippen LogP contribution < -0.4 is 20.1 Å². The van der Waals surface area contributed by atoms with Gasteiger partial charge in [0, 0.05) is 25.2 Å². The van der Waals surface area contributed by atoms with E-state index in [9.17, 15) is 8.78 Å². The van der Waals surface area contributed by atoms with E-state index in [1.807, 2.05) is 0 Å². The molecule has 33 heavy (non-hydrogen) atoms. The summed E-state index contributed by atoms with van der Waals surface area (Å²) in [5.41, 5.74) is 0.943. The summed E-state index contributed by atoms with van der Waals surface area (Å²) in [5, 5.41) is 6.13. The lowest BCUT2D eigenvalue weighted by molar-refractivity contribution is 0.278. The molecule has 180 valence electrons. The molecule has 0 aromatic heterocycles. The number of rotatable bonds is 10. The molecule has 10 heteroatoms. The highest BCUT2D eigenvalue weighted by Crippen LogP contribution is 2.19. The number of halogens is 4. The van der Waals surface area contributed by atoms with Crippen molar-refractivity contribution in [2.75, 3.05) is 39.4 Å². The van der Waals surface area contributed by atoms with Crippen molar-refractivity contribution >= 4 is 36.5 Å². The largest absolute Gasteiger partial charge is 0.493 e. The van der Waals surface area contributed by atoms with Crippen LogP contribution in [0.1, 0.15) is 30.4 Å². The molecule has 0 amide bonds. The number of nitrogens with one attached hydrogen (secondary N) is 2. The Morgan fingerprint density at radius 2 is 1.15 bits per heavy atom. The highest BCUT2D eigenvalue weighted by molar-refractivity contribution is 6.00. The van der Waals surface area contributed by atoms with Gasteiger partial charge in [0.05, 0.1) is 37.4 Å². The van der Waals surface area contributed by atoms with Crippen LogP contribution in [0.2, 0.25) is 0 Å². The minimum atomic E-state index is -0.340. The minimum absolute atomic E-state index is 0. The quantitative estimate of drug-likeness (QED) is 0.481. The third-order valence-electron chi connectivity index (χ3n) is 5.07. The monoisotopic (exact) mass is 500 g/mol. The van der Waals surface area contributed by atoms with E-state index in [1.54, 1.807) is 24.3 Å². The zero-order valence-corrected chi connectivity index (χ0v) is 19.7. The van der Waals surface area contributed by atoms with Gasteiger partial charge in [-0.25, -0.2) is 8.78 Å². The Labute approximate surface area is 204 Å². The van der Waals surface area contributed by atoms with Crippen molar-refractivity contribution in [1.29, 1.82) is 0 Å². The molecule has 0 aliphatic carbocycles. The summed E-state index contributed by atoms with van der Waals surface area (Å²) >= 11 is 0. The summed E-state index contributed by atoms with van der Waals surface area (Å²) in [7, 11) is 0. The molecule has 2 aliphatic heterocycles. The maximum absolute atomic E-state index is 14.2. The SMILES string of the molecule is Cl.Cl.Fc1cc(OCCCCCOc2ccc(C3=NCCN3)c(F)c2)ccc1C1=NCCN1. The maximum Gasteiger partial charge on any atom is 0.137 e. The second-order valence-electron chi connectivity index (χ2n) is 7.36. The number of hydrogen-bond acceptors (Lipinski definition) is 6. The molecule has 0 atom stereocenters. The van der Waals surface area contributed by atoms with Gasteiger partial charge in [-0.2, -0.15) is 0 Å². The summed E-state index contributed by atoms with van der Waals surface area (Å²) in [5.74, 6) is 1.53. The molecule has 2 aliphatic rings. The average molecular weight is 501 g/mol. The fraction of sp³-hybridized carbons (Fsp3) is 0.391. The number of ether oxygens (including phenoxy) is 2.